The summed E-state index contributed by atoms with van der Waals surface area (Å²) in [5.41, 5.74) is 0. The monoisotopic (exact) mass is 291 g/mol. The van der Waals surface area contributed by atoms with Gasteiger partial charge in [-0.2, -0.15) is 4.31 Å². The minimum atomic E-state index is -3.46. The number of piperidine rings is 1. The van der Waals surface area contributed by atoms with E-state index in [1.165, 1.54) is 11.4 Å². The highest BCUT2D eigenvalue weighted by Gasteiger charge is 2.38. The van der Waals surface area contributed by atoms with Gasteiger partial charge in [0, 0.05) is 13.2 Å². The van der Waals surface area contributed by atoms with E-state index in [1.54, 1.807) is 0 Å². The molecule has 0 N–H and O–H groups in total. The Labute approximate surface area is 114 Å². The van der Waals surface area contributed by atoms with E-state index in [4.69, 9.17) is 9.47 Å². The smallest absolute Gasteiger partial charge is 0.324 e. The lowest BCUT2D eigenvalue weighted by Crippen LogP contribution is -2.50. The highest BCUT2D eigenvalue weighted by atomic mass is 32.2. The first-order valence-corrected chi connectivity index (χ1v) is 8.34. The number of rotatable bonds is 4. The van der Waals surface area contributed by atoms with Gasteiger partial charge in [0.05, 0.1) is 19.0 Å². The Bertz CT molecular complexity index is 416. The third kappa shape index (κ3) is 3.46. The van der Waals surface area contributed by atoms with Crippen molar-refractivity contribution in [2.45, 2.75) is 44.2 Å². The minimum absolute atomic E-state index is 0.0273. The lowest BCUT2D eigenvalue weighted by atomic mass is 10.1. The van der Waals surface area contributed by atoms with Gasteiger partial charge in [-0.3, -0.25) is 4.79 Å². The fourth-order valence-electron chi connectivity index (χ4n) is 2.72. The maximum atomic E-state index is 12.4. The molecule has 0 aromatic heterocycles. The summed E-state index contributed by atoms with van der Waals surface area (Å²) in [7, 11) is -2.17. The molecule has 0 bridgehead atoms. The Balaban J connectivity index is 2.09. The van der Waals surface area contributed by atoms with Crippen LogP contribution >= 0.6 is 0 Å². The number of hydrogen-bond donors (Lipinski definition) is 0. The van der Waals surface area contributed by atoms with Crippen LogP contribution in [0.3, 0.4) is 0 Å². The third-order valence-corrected chi connectivity index (χ3v) is 5.65. The summed E-state index contributed by atoms with van der Waals surface area (Å²) in [4.78, 5) is 11.7. The van der Waals surface area contributed by atoms with Crippen LogP contribution < -0.4 is 0 Å². The summed E-state index contributed by atoms with van der Waals surface area (Å²) in [5.74, 6) is -0.490. The van der Waals surface area contributed by atoms with Crippen LogP contribution in [-0.2, 0) is 24.3 Å². The van der Waals surface area contributed by atoms with Gasteiger partial charge in [-0.15, -0.1) is 0 Å². The van der Waals surface area contributed by atoms with E-state index < -0.39 is 22.0 Å². The summed E-state index contributed by atoms with van der Waals surface area (Å²) in [6, 6.07) is -0.662. The fourth-order valence-corrected chi connectivity index (χ4v) is 4.63. The molecule has 2 atom stereocenters. The summed E-state index contributed by atoms with van der Waals surface area (Å²) in [6.45, 7) is 1.02. The molecule has 0 amide bonds. The second-order valence-corrected chi connectivity index (χ2v) is 7.03. The fraction of sp³-hybridized carbons (Fsp3) is 0.917. The normalized spacial score (nSPS) is 29.3. The van der Waals surface area contributed by atoms with Crippen molar-refractivity contribution in [2.24, 2.45) is 0 Å². The van der Waals surface area contributed by atoms with Gasteiger partial charge in [0.1, 0.15) is 6.04 Å². The molecule has 2 aliphatic heterocycles. The summed E-state index contributed by atoms with van der Waals surface area (Å²) < 4.78 is 36.2. The molecule has 2 saturated heterocycles. The minimum Gasteiger partial charge on any atom is -0.468 e. The van der Waals surface area contributed by atoms with Crippen molar-refractivity contribution in [1.29, 1.82) is 0 Å². The van der Waals surface area contributed by atoms with Crippen LogP contribution in [0.1, 0.15) is 32.1 Å². The van der Waals surface area contributed by atoms with Crippen LogP contribution in [0.2, 0.25) is 0 Å². The van der Waals surface area contributed by atoms with Crippen molar-refractivity contribution in [1.82, 2.24) is 4.31 Å². The topological polar surface area (TPSA) is 72.9 Å². The standard InChI is InChI=1S/C12H21NO5S/c1-17-12(14)11-6-2-3-7-13(11)19(15,16)9-10-5-4-8-18-10/h10-11H,2-9H2,1H3/t10?,11-/m1/s1. The first kappa shape index (κ1) is 14.7. The van der Waals surface area contributed by atoms with E-state index >= 15 is 0 Å². The van der Waals surface area contributed by atoms with Crippen molar-refractivity contribution in [2.75, 3.05) is 26.0 Å². The molecule has 0 aliphatic carbocycles. The molecule has 2 fully saturated rings. The molecule has 0 radical (unpaired) electrons. The molecule has 2 rings (SSSR count). The molecule has 2 aliphatic rings. The van der Waals surface area contributed by atoms with Crippen LogP contribution in [0.15, 0.2) is 0 Å². The van der Waals surface area contributed by atoms with Crippen LogP contribution in [0, 0.1) is 0 Å². The number of hydrogen-bond acceptors (Lipinski definition) is 5. The Kier molecular flexibility index (Phi) is 4.81. The molecule has 6 nitrogen and oxygen atoms in total. The Hall–Kier alpha value is -0.660. The quantitative estimate of drug-likeness (QED) is 0.706. The zero-order valence-electron chi connectivity index (χ0n) is 11.2. The van der Waals surface area contributed by atoms with Crippen LogP contribution in [0.5, 0.6) is 0 Å². The van der Waals surface area contributed by atoms with Crippen molar-refractivity contribution < 1.29 is 22.7 Å². The van der Waals surface area contributed by atoms with E-state index in [0.29, 0.717) is 19.6 Å². The first-order chi connectivity index (χ1) is 9.04. The number of sulfonamides is 1. The number of carbonyl (C=O) groups excluding carboxylic acids is 1. The zero-order valence-corrected chi connectivity index (χ0v) is 12.0. The number of nitrogens with zero attached hydrogens (tertiary/aromatic N) is 1. The Morgan fingerprint density at radius 2 is 2.11 bits per heavy atom. The highest BCUT2D eigenvalue weighted by molar-refractivity contribution is 7.89. The summed E-state index contributed by atoms with van der Waals surface area (Å²) in [5, 5.41) is 0. The van der Waals surface area contributed by atoms with Crippen LogP contribution in [0.4, 0.5) is 0 Å². The summed E-state index contributed by atoms with van der Waals surface area (Å²) in [6.07, 6.45) is 3.63. The van der Waals surface area contributed by atoms with Crippen molar-refractivity contribution >= 4 is 16.0 Å². The zero-order chi connectivity index (χ0) is 13.9. The van der Waals surface area contributed by atoms with Crippen molar-refractivity contribution in [3.8, 4) is 0 Å². The van der Waals surface area contributed by atoms with Crippen molar-refractivity contribution in [3.05, 3.63) is 0 Å². The molecular weight excluding hydrogens is 270 g/mol. The van der Waals surface area contributed by atoms with E-state index in [-0.39, 0.29) is 11.9 Å². The molecule has 0 aromatic carbocycles. The number of ether oxygens (including phenoxy) is 2. The van der Waals surface area contributed by atoms with Gasteiger partial charge < -0.3 is 9.47 Å². The van der Waals surface area contributed by atoms with Gasteiger partial charge in [0.25, 0.3) is 0 Å². The van der Waals surface area contributed by atoms with Gasteiger partial charge in [0.2, 0.25) is 10.0 Å². The van der Waals surface area contributed by atoms with Crippen LogP contribution in [0.25, 0.3) is 0 Å². The van der Waals surface area contributed by atoms with Gasteiger partial charge in [-0.1, -0.05) is 0 Å². The van der Waals surface area contributed by atoms with E-state index in [9.17, 15) is 13.2 Å². The van der Waals surface area contributed by atoms with E-state index in [1.807, 2.05) is 0 Å². The maximum absolute atomic E-state index is 12.4. The lowest BCUT2D eigenvalue weighted by molar-refractivity contribution is -0.146. The molecule has 0 aromatic rings. The second-order valence-electron chi connectivity index (χ2n) is 5.06. The number of carbonyl (C=O) groups is 1. The molecule has 2 heterocycles. The van der Waals surface area contributed by atoms with Gasteiger partial charge in [0.15, 0.2) is 0 Å². The lowest BCUT2D eigenvalue weighted by Gasteiger charge is -2.33. The number of esters is 1. The van der Waals surface area contributed by atoms with Crippen LogP contribution in [-0.4, -0.2) is 56.9 Å². The molecule has 7 heteroatoms. The Morgan fingerprint density at radius 1 is 1.32 bits per heavy atom. The van der Waals surface area contributed by atoms with Gasteiger partial charge >= 0.3 is 5.97 Å². The average Bonchev–Trinajstić information content (AvgIpc) is 2.90. The summed E-state index contributed by atoms with van der Waals surface area (Å²) >= 11 is 0. The van der Waals surface area contributed by atoms with E-state index in [0.717, 1.165) is 25.7 Å². The third-order valence-electron chi connectivity index (χ3n) is 3.70. The SMILES string of the molecule is COC(=O)[C@H]1CCCCN1S(=O)(=O)CC1CCCO1. The maximum Gasteiger partial charge on any atom is 0.324 e. The molecule has 1 unspecified atom stereocenters. The molecule has 0 spiro atoms. The largest absolute Gasteiger partial charge is 0.468 e. The molecule has 0 saturated carbocycles. The molecule has 110 valence electrons. The molecule has 19 heavy (non-hydrogen) atoms. The average molecular weight is 291 g/mol. The van der Waals surface area contributed by atoms with Crippen molar-refractivity contribution in [3.63, 3.8) is 0 Å². The van der Waals surface area contributed by atoms with Gasteiger partial charge in [-0.05, 0) is 32.1 Å². The Morgan fingerprint density at radius 3 is 2.74 bits per heavy atom. The van der Waals surface area contributed by atoms with Gasteiger partial charge in [-0.25, -0.2) is 8.42 Å². The molecular formula is C12H21NO5S. The predicted octanol–water partition coefficient (Wildman–Crippen LogP) is 0.523. The first-order valence-electron chi connectivity index (χ1n) is 6.73. The second kappa shape index (κ2) is 6.19. The predicted molar refractivity (Wildman–Crippen MR) is 69.1 cm³/mol. The number of methoxy groups -OCH3 is 1. The van der Waals surface area contributed by atoms with E-state index in [2.05, 4.69) is 0 Å². The highest BCUT2D eigenvalue weighted by Crippen LogP contribution is 2.24.